The third-order valence-corrected chi connectivity index (χ3v) is 8.44. The fourth-order valence-corrected chi connectivity index (χ4v) is 6.33. The minimum Gasteiger partial charge on any atom is -0.352 e. The van der Waals surface area contributed by atoms with E-state index in [2.05, 4.69) is 53.6 Å². The standard InChI is InChI=1S/C28H32F2N2O/c1-19-18-32(14-13-28(19)12-9-21-5-3-4-6-23(21)28)22-10-11-27(2,16-22)26(33)31-17-20-7-8-24(29)25(30)15-20/h3-9,12,15,19,22H,10-11,13-14,16-18H2,1-2H3,(H,31,33)/t19-,22?,27?,28?/m0/s1. The summed E-state index contributed by atoms with van der Waals surface area (Å²) in [7, 11) is 0. The zero-order valence-electron chi connectivity index (χ0n) is 19.4. The highest BCUT2D eigenvalue weighted by atomic mass is 19.2. The Kier molecular flexibility index (Phi) is 5.64. The van der Waals surface area contributed by atoms with E-state index in [1.165, 1.54) is 17.2 Å². The first-order chi connectivity index (χ1) is 15.8. The van der Waals surface area contributed by atoms with Gasteiger partial charge in [0.05, 0.1) is 0 Å². The second-order valence-electron chi connectivity index (χ2n) is 10.5. The third-order valence-electron chi connectivity index (χ3n) is 8.44. The number of likely N-dealkylation sites (tertiary alicyclic amines) is 1. The lowest BCUT2D eigenvalue weighted by Crippen LogP contribution is -2.50. The number of benzene rings is 2. The Bertz CT molecular complexity index is 1100. The topological polar surface area (TPSA) is 32.3 Å². The lowest BCUT2D eigenvalue weighted by molar-refractivity contribution is -0.130. The molecule has 174 valence electrons. The van der Waals surface area contributed by atoms with Gasteiger partial charge in [0.25, 0.3) is 0 Å². The molecule has 33 heavy (non-hydrogen) atoms. The molecule has 4 atom stereocenters. The number of nitrogens with zero attached hydrogens (tertiary/aromatic N) is 1. The summed E-state index contributed by atoms with van der Waals surface area (Å²) >= 11 is 0. The molecule has 2 fully saturated rings. The molecular weight excluding hydrogens is 418 g/mol. The van der Waals surface area contributed by atoms with Crippen LogP contribution in [0.1, 0.15) is 56.2 Å². The first-order valence-corrected chi connectivity index (χ1v) is 12.1. The van der Waals surface area contributed by atoms with Crippen LogP contribution in [-0.4, -0.2) is 29.9 Å². The van der Waals surface area contributed by atoms with Gasteiger partial charge in [-0.05, 0) is 67.0 Å². The Balaban J connectivity index is 1.20. The van der Waals surface area contributed by atoms with Crippen molar-refractivity contribution >= 4 is 12.0 Å². The Hall–Kier alpha value is -2.53. The van der Waals surface area contributed by atoms with Gasteiger partial charge in [-0.25, -0.2) is 8.78 Å². The van der Waals surface area contributed by atoms with Crippen LogP contribution < -0.4 is 5.32 Å². The van der Waals surface area contributed by atoms with E-state index in [9.17, 15) is 13.6 Å². The SMILES string of the molecule is C[C@H]1CN(C2CCC(C)(C(=O)NCc3ccc(F)c(F)c3)C2)CCC12C=Cc1ccccc12. The van der Waals surface area contributed by atoms with Crippen molar-refractivity contribution in [2.24, 2.45) is 11.3 Å². The van der Waals surface area contributed by atoms with Crippen LogP contribution in [-0.2, 0) is 16.8 Å². The lowest BCUT2D eigenvalue weighted by atomic mass is 9.68. The Morgan fingerprint density at radius 2 is 1.97 bits per heavy atom. The summed E-state index contributed by atoms with van der Waals surface area (Å²) < 4.78 is 26.6. The van der Waals surface area contributed by atoms with Crippen LogP contribution >= 0.6 is 0 Å². The van der Waals surface area contributed by atoms with Crippen molar-refractivity contribution in [1.29, 1.82) is 0 Å². The second kappa shape index (κ2) is 8.35. The van der Waals surface area contributed by atoms with Crippen molar-refractivity contribution in [3.8, 4) is 0 Å². The van der Waals surface area contributed by atoms with Gasteiger partial charge in [-0.15, -0.1) is 0 Å². The molecule has 3 aliphatic rings. The van der Waals surface area contributed by atoms with Crippen LogP contribution in [0.15, 0.2) is 48.5 Å². The number of carbonyl (C=O) groups excluding carboxylic acids is 1. The minimum absolute atomic E-state index is 0.00362. The number of rotatable bonds is 4. The van der Waals surface area contributed by atoms with Gasteiger partial charge in [0.15, 0.2) is 11.6 Å². The molecule has 2 aromatic rings. The molecule has 1 aliphatic heterocycles. The number of fused-ring (bicyclic) bond motifs is 2. The molecule has 5 heteroatoms. The van der Waals surface area contributed by atoms with E-state index in [4.69, 9.17) is 0 Å². The van der Waals surface area contributed by atoms with E-state index >= 15 is 0 Å². The van der Waals surface area contributed by atoms with Crippen LogP contribution in [0.5, 0.6) is 0 Å². The molecule has 1 N–H and O–H groups in total. The summed E-state index contributed by atoms with van der Waals surface area (Å²) in [6, 6.07) is 12.9. The van der Waals surface area contributed by atoms with Crippen molar-refractivity contribution in [3.63, 3.8) is 0 Å². The number of amides is 1. The largest absolute Gasteiger partial charge is 0.352 e. The zero-order valence-corrected chi connectivity index (χ0v) is 19.4. The number of carbonyl (C=O) groups is 1. The Labute approximate surface area is 194 Å². The van der Waals surface area contributed by atoms with Crippen molar-refractivity contribution < 1.29 is 13.6 Å². The third kappa shape index (κ3) is 3.90. The molecule has 5 rings (SSSR count). The first kappa shape index (κ1) is 22.3. The number of nitrogens with one attached hydrogen (secondary N) is 1. The molecule has 1 spiro atoms. The van der Waals surface area contributed by atoms with Crippen molar-refractivity contribution in [3.05, 3.63) is 76.9 Å². The maximum atomic E-state index is 13.5. The molecule has 1 saturated carbocycles. The molecule has 2 aliphatic carbocycles. The van der Waals surface area contributed by atoms with Gasteiger partial charge in [0.2, 0.25) is 5.91 Å². The van der Waals surface area contributed by atoms with Crippen molar-refractivity contribution in [2.75, 3.05) is 13.1 Å². The van der Waals surface area contributed by atoms with Gasteiger partial charge in [-0.3, -0.25) is 9.69 Å². The molecule has 1 heterocycles. The van der Waals surface area contributed by atoms with Gasteiger partial charge >= 0.3 is 0 Å². The summed E-state index contributed by atoms with van der Waals surface area (Å²) in [5, 5.41) is 2.96. The second-order valence-corrected chi connectivity index (χ2v) is 10.5. The quantitative estimate of drug-likeness (QED) is 0.672. The highest BCUT2D eigenvalue weighted by Gasteiger charge is 2.48. The van der Waals surface area contributed by atoms with Crippen LogP contribution in [0, 0.1) is 23.0 Å². The summed E-state index contributed by atoms with van der Waals surface area (Å²) in [6.45, 7) is 6.70. The van der Waals surface area contributed by atoms with Gasteiger partial charge in [-0.1, -0.05) is 56.3 Å². The number of piperidine rings is 1. The van der Waals surface area contributed by atoms with Crippen LogP contribution in [0.25, 0.3) is 6.08 Å². The molecule has 0 bridgehead atoms. The van der Waals surface area contributed by atoms with E-state index in [1.807, 2.05) is 6.92 Å². The van der Waals surface area contributed by atoms with E-state index in [0.717, 1.165) is 50.9 Å². The van der Waals surface area contributed by atoms with Crippen molar-refractivity contribution in [2.45, 2.75) is 57.5 Å². The van der Waals surface area contributed by atoms with Gasteiger partial charge in [0, 0.05) is 30.0 Å². The maximum absolute atomic E-state index is 13.5. The molecule has 0 aromatic heterocycles. The predicted molar refractivity (Wildman–Crippen MR) is 126 cm³/mol. The molecule has 0 radical (unpaired) electrons. The normalized spacial score (nSPS) is 31.2. The predicted octanol–water partition coefficient (Wildman–Crippen LogP) is 5.45. The summed E-state index contributed by atoms with van der Waals surface area (Å²) in [4.78, 5) is 15.6. The van der Waals surface area contributed by atoms with Gasteiger partial charge in [-0.2, -0.15) is 0 Å². The van der Waals surface area contributed by atoms with Crippen LogP contribution in [0.4, 0.5) is 8.78 Å². The fourth-order valence-electron chi connectivity index (χ4n) is 6.33. The highest BCUT2D eigenvalue weighted by Crippen LogP contribution is 2.49. The summed E-state index contributed by atoms with van der Waals surface area (Å²) in [5.41, 5.74) is 3.09. The van der Waals surface area contributed by atoms with Crippen LogP contribution in [0.2, 0.25) is 0 Å². The fraction of sp³-hybridized carbons (Fsp3) is 0.464. The van der Waals surface area contributed by atoms with E-state index in [0.29, 0.717) is 17.5 Å². The zero-order chi connectivity index (χ0) is 23.2. The van der Waals surface area contributed by atoms with Crippen molar-refractivity contribution in [1.82, 2.24) is 10.2 Å². The minimum atomic E-state index is -0.884. The molecule has 2 aromatic carbocycles. The van der Waals surface area contributed by atoms with Gasteiger partial charge in [0.1, 0.15) is 0 Å². The average Bonchev–Trinajstić information content (AvgIpc) is 3.39. The summed E-state index contributed by atoms with van der Waals surface area (Å²) in [5.74, 6) is -1.24. The molecule has 3 nitrogen and oxygen atoms in total. The smallest absolute Gasteiger partial charge is 0.226 e. The molecule has 1 saturated heterocycles. The average molecular weight is 451 g/mol. The van der Waals surface area contributed by atoms with E-state index in [1.54, 1.807) is 0 Å². The number of halogens is 2. The maximum Gasteiger partial charge on any atom is 0.226 e. The molecular formula is C28H32F2N2O. The number of allylic oxidation sites excluding steroid dienone is 1. The lowest BCUT2D eigenvalue weighted by Gasteiger charge is -2.46. The number of hydrogen-bond acceptors (Lipinski definition) is 2. The number of hydrogen-bond donors (Lipinski definition) is 1. The van der Waals surface area contributed by atoms with Crippen LogP contribution in [0.3, 0.4) is 0 Å². The van der Waals surface area contributed by atoms with E-state index < -0.39 is 17.0 Å². The summed E-state index contributed by atoms with van der Waals surface area (Å²) in [6.07, 6.45) is 8.51. The highest BCUT2D eigenvalue weighted by molar-refractivity contribution is 5.82. The first-order valence-electron chi connectivity index (χ1n) is 12.1. The molecule has 3 unspecified atom stereocenters. The molecule has 1 amide bonds. The van der Waals surface area contributed by atoms with E-state index in [-0.39, 0.29) is 17.9 Å². The monoisotopic (exact) mass is 450 g/mol. The Morgan fingerprint density at radius 1 is 1.15 bits per heavy atom. The Morgan fingerprint density at radius 3 is 2.76 bits per heavy atom. The van der Waals surface area contributed by atoms with Gasteiger partial charge < -0.3 is 5.32 Å².